The third-order valence-corrected chi connectivity index (χ3v) is 4.79. The summed E-state index contributed by atoms with van der Waals surface area (Å²) in [5, 5.41) is 5.20. The molecule has 28 heavy (non-hydrogen) atoms. The Morgan fingerprint density at radius 2 is 1.89 bits per heavy atom. The second-order valence-electron chi connectivity index (χ2n) is 6.16. The smallest absolute Gasteiger partial charge is 0.277 e. The average Bonchev–Trinajstić information content (AvgIpc) is 3.14. The molecule has 0 bridgehead atoms. The molecule has 0 atom stereocenters. The van der Waals surface area contributed by atoms with E-state index in [0.29, 0.717) is 27.3 Å². The highest BCUT2D eigenvalue weighted by Gasteiger charge is 2.06. The van der Waals surface area contributed by atoms with Crippen LogP contribution < -0.4 is 10.2 Å². The number of benzene rings is 2. The lowest BCUT2D eigenvalue weighted by molar-refractivity contribution is -0.123. The minimum Gasteiger partial charge on any atom is -0.484 e. The summed E-state index contributed by atoms with van der Waals surface area (Å²) in [5.74, 6) is 1.34. The molecule has 1 N–H and O–H groups in total. The molecule has 0 fully saturated rings. The number of carbonyl (C=O) groups excluding carboxylic acids is 1. The molecule has 1 heterocycles. The summed E-state index contributed by atoms with van der Waals surface area (Å²) in [6.45, 7) is 3.64. The van der Waals surface area contributed by atoms with Gasteiger partial charge in [0.05, 0.1) is 6.21 Å². The maximum Gasteiger partial charge on any atom is 0.277 e. The number of hydrogen-bond acceptors (Lipinski definition) is 4. The van der Waals surface area contributed by atoms with Gasteiger partial charge in [0.1, 0.15) is 17.3 Å². The summed E-state index contributed by atoms with van der Waals surface area (Å²) >= 11 is 12.1. The Morgan fingerprint density at radius 3 is 2.64 bits per heavy atom. The summed E-state index contributed by atoms with van der Waals surface area (Å²) in [5.41, 5.74) is 5.13. The van der Waals surface area contributed by atoms with E-state index >= 15 is 0 Å². The molecule has 0 saturated carbocycles. The molecule has 0 radical (unpaired) electrons. The lowest BCUT2D eigenvalue weighted by Gasteiger charge is -2.06. The van der Waals surface area contributed by atoms with Gasteiger partial charge in [0.15, 0.2) is 6.61 Å². The van der Waals surface area contributed by atoms with Gasteiger partial charge >= 0.3 is 0 Å². The second kappa shape index (κ2) is 8.95. The van der Waals surface area contributed by atoms with Crippen molar-refractivity contribution < 1.29 is 13.9 Å². The Balaban J connectivity index is 1.53. The summed E-state index contributed by atoms with van der Waals surface area (Å²) in [7, 11) is 0. The Bertz CT molecular complexity index is 1030. The first-order valence-electron chi connectivity index (χ1n) is 8.49. The fraction of sp³-hybridized carbons (Fsp3) is 0.143. The summed E-state index contributed by atoms with van der Waals surface area (Å²) in [6, 6.07) is 14.5. The fourth-order valence-electron chi connectivity index (χ4n) is 2.38. The van der Waals surface area contributed by atoms with Crippen LogP contribution in [0.4, 0.5) is 0 Å². The molecular weight excluding hydrogens is 399 g/mol. The minimum absolute atomic E-state index is 0.163. The van der Waals surface area contributed by atoms with E-state index in [1.807, 2.05) is 38.1 Å². The van der Waals surface area contributed by atoms with E-state index in [1.54, 1.807) is 24.3 Å². The topological polar surface area (TPSA) is 63.8 Å². The van der Waals surface area contributed by atoms with Crippen LogP contribution in [0, 0.1) is 13.8 Å². The van der Waals surface area contributed by atoms with E-state index in [4.69, 9.17) is 32.4 Å². The molecule has 0 aliphatic carbocycles. The van der Waals surface area contributed by atoms with Crippen molar-refractivity contribution in [2.45, 2.75) is 13.8 Å². The quantitative estimate of drug-likeness (QED) is 0.432. The van der Waals surface area contributed by atoms with Gasteiger partial charge in [-0.15, -0.1) is 0 Å². The van der Waals surface area contributed by atoms with E-state index in [9.17, 15) is 4.79 Å². The number of ether oxygens (including phenoxy) is 1. The van der Waals surface area contributed by atoms with Gasteiger partial charge in [-0.3, -0.25) is 4.79 Å². The largest absolute Gasteiger partial charge is 0.484 e. The SMILES string of the molecule is Cc1cc(OCC(=O)NN=Cc2ccc(-c3ccc(C)c(Cl)c3)o2)ccc1Cl. The lowest BCUT2D eigenvalue weighted by Crippen LogP contribution is -2.24. The molecule has 0 spiro atoms. The van der Waals surface area contributed by atoms with Gasteiger partial charge in [0.2, 0.25) is 0 Å². The average molecular weight is 417 g/mol. The third kappa shape index (κ3) is 5.15. The molecule has 1 aromatic heterocycles. The van der Waals surface area contributed by atoms with Crippen molar-refractivity contribution in [2.75, 3.05) is 6.61 Å². The van der Waals surface area contributed by atoms with Crippen molar-refractivity contribution in [3.05, 3.63) is 75.5 Å². The van der Waals surface area contributed by atoms with Crippen LogP contribution in [0.2, 0.25) is 10.0 Å². The van der Waals surface area contributed by atoms with Crippen LogP contribution in [0.1, 0.15) is 16.9 Å². The van der Waals surface area contributed by atoms with Crippen LogP contribution in [0.25, 0.3) is 11.3 Å². The number of hydrazone groups is 1. The summed E-state index contributed by atoms with van der Waals surface area (Å²) in [4.78, 5) is 11.8. The van der Waals surface area contributed by atoms with Gasteiger partial charge in [-0.25, -0.2) is 5.43 Å². The molecule has 7 heteroatoms. The normalized spacial score (nSPS) is 11.0. The highest BCUT2D eigenvalue weighted by molar-refractivity contribution is 6.31. The fourth-order valence-corrected chi connectivity index (χ4v) is 2.68. The summed E-state index contributed by atoms with van der Waals surface area (Å²) < 4.78 is 11.1. The number of halogens is 2. The number of nitrogens with zero attached hydrogens (tertiary/aromatic N) is 1. The van der Waals surface area contributed by atoms with Crippen LogP contribution in [0.5, 0.6) is 5.75 Å². The van der Waals surface area contributed by atoms with E-state index in [-0.39, 0.29) is 12.5 Å². The monoisotopic (exact) mass is 416 g/mol. The van der Waals surface area contributed by atoms with Gasteiger partial charge in [0.25, 0.3) is 5.91 Å². The van der Waals surface area contributed by atoms with Gasteiger partial charge in [-0.1, -0.05) is 35.3 Å². The zero-order chi connectivity index (χ0) is 20.1. The number of amides is 1. The number of aryl methyl sites for hydroxylation is 2. The minimum atomic E-state index is -0.388. The van der Waals surface area contributed by atoms with Crippen molar-refractivity contribution in [3.8, 4) is 17.1 Å². The zero-order valence-corrected chi connectivity index (χ0v) is 16.8. The number of carbonyl (C=O) groups is 1. The van der Waals surface area contributed by atoms with Crippen molar-refractivity contribution in [1.82, 2.24) is 5.43 Å². The molecule has 0 saturated heterocycles. The van der Waals surface area contributed by atoms with E-state index in [0.717, 1.165) is 16.7 Å². The first kappa shape index (κ1) is 20.0. The van der Waals surface area contributed by atoms with E-state index in [2.05, 4.69) is 10.5 Å². The van der Waals surface area contributed by atoms with Crippen LogP contribution in [0.3, 0.4) is 0 Å². The van der Waals surface area contributed by atoms with Crippen LogP contribution in [0.15, 0.2) is 58.0 Å². The maximum absolute atomic E-state index is 11.8. The number of rotatable bonds is 6. The predicted octanol–water partition coefficient (Wildman–Crippen LogP) is 5.40. The molecule has 1 amide bonds. The zero-order valence-electron chi connectivity index (χ0n) is 15.3. The molecule has 2 aromatic carbocycles. The third-order valence-electron chi connectivity index (χ3n) is 3.96. The van der Waals surface area contributed by atoms with Gasteiger partial charge in [0, 0.05) is 15.6 Å². The van der Waals surface area contributed by atoms with Crippen molar-refractivity contribution in [1.29, 1.82) is 0 Å². The highest BCUT2D eigenvalue weighted by atomic mass is 35.5. The molecule has 3 aromatic rings. The first-order valence-corrected chi connectivity index (χ1v) is 9.25. The summed E-state index contributed by atoms with van der Waals surface area (Å²) in [6.07, 6.45) is 1.42. The van der Waals surface area contributed by atoms with Gasteiger partial charge < -0.3 is 9.15 Å². The Labute approximate surface area is 172 Å². The molecule has 5 nitrogen and oxygen atoms in total. The predicted molar refractivity (Wildman–Crippen MR) is 111 cm³/mol. The van der Waals surface area contributed by atoms with Crippen LogP contribution in [-0.2, 0) is 4.79 Å². The molecule has 0 unspecified atom stereocenters. The van der Waals surface area contributed by atoms with Crippen molar-refractivity contribution >= 4 is 35.3 Å². The van der Waals surface area contributed by atoms with Gasteiger partial charge in [-0.2, -0.15) is 5.10 Å². The van der Waals surface area contributed by atoms with Gasteiger partial charge in [-0.05, 0) is 61.4 Å². The molecule has 144 valence electrons. The standard InChI is InChI=1S/C21H18Cl2N2O3/c1-13-3-4-15(10-19(13)23)20-8-6-17(28-20)11-24-25-21(26)12-27-16-5-7-18(22)14(2)9-16/h3-11H,12H2,1-2H3,(H,25,26). The van der Waals surface area contributed by atoms with E-state index in [1.165, 1.54) is 6.21 Å². The van der Waals surface area contributed by atoms with Crippen molar-refractivity contribution in [2.24, 2.45) is 5.10 Å². The maximum atomic E-state index is 11.8. The number of hydrogen-bond donors (Lipinski definition) is 1. The highest BCUT2D eigenvalue weighted by Crippen LogP contribution is 2.26. The number of nitrogens with one attached hydrogen (secondary N) is 1. The Morgan fingerprint density at radius 1 is 1.07 bits per heavy atom. The first-order chi connectivity index (χ1) is 13.4. The molecule has 0 aliphatic heterocycles. The molecule has 0 aliphatic rings. The second-order valence-corrected chi connectivity index (χ2v) is 6.97. The Hall–Kier alpha value is -2.76. The van der Waals surface area contributed by atoms with E-state index < -0.39 is 0 Å². The molecule has 3 rings (SSSR count). The Kier molecular flexibility index (Phi) is 6.39. The lowest BCUT2D eigenvalue weighted by atomic mass is 10.1. The van der Waals surface area contributed by atoms with Crippen molar-refractivity contribution in [3.63, 3.8) is 0 Å². The van der Waals surface area contributed by atoms with Crippen LogP contribution in [-0.4, -0.2) is 18.7 Å². The molecular formula is C21H18Cl2N2O3. The number of furan rings is 1. The van der Waals surface area contributed by atoms with Crippen LogP contribution >= 0.6 is 23.2 Å².